The molecule has 1 N–H and O–H groups in total. The highest BCUT2D eigenvalue weighted by atomic mass is 35.5. The lowest BCUT2D eigenvalue weighted by molar-refractivity contribution is -0.662. The lowest BCUT2D eigenvalue weighted by Crippen LogP contribution is -2.35. The molecule has 0 bridgehead atoms. The third-order valence-corrected chi connectivity index (χ3v) is 6.04. The summed E-state index contributed by atoms with van der Waals surface area (Å²) in [4.78, 5) is 2.44. The summed E-state index contributed by atoms with van der Waals surface area (Å²) < 4.78 is 2.32. The Morgan fingerprint density at radius 1 is 0.900 bits per heavy atom. The van der Waals surface area contributed by atoms with Gasteiger partial charge in [-0.05, 0) is 42.1 Å². The van der Waals surface area contributed by atoms with Crippen molar-refractivity contribution >= 4 is 39.0 Å². The van der Waals surface area contributed by atoms with Gasteiger partial charge in [0.15, 0.2) is 12.7 Å². The van der Waals surface area contributed by atoms with Crippen LogP contribution < -0.4 is 9.88 Å². The van der Waals surface area contributed by atoms with E-state index in [1.165, 1.54) is 32.9 Å². The molecule has 0 radical (unpaired) electrons. The molecule has 0 aliphatic carbocycles. The third kappa shape index (κ3) is 4.58. The third-order valence-electron chi connectivity index (χ3n) is 5.79. The van der Waals surface area contributed by atoms with E-state index in [9.17, 15) is 0 Å². The Kier molecular flexibility index (Phi) is 6.51. The van der Waals surface area contributed by atoms with Crippen molar-refractivity contribution < 1.29 is 4.57 Å². The summed E-state index contributed by atoms with van der Waals surface area (Å²) in [5, 5.41) is 8.23. The van der Waals surface area contributed by atoms with Crippen molar-refractivity contribution in [2.24, 2.45) is 0 Å². The minimum Gasteiger partial charge on any atom is -0.383 e. The monoisotopic (exact) mass is 418 g/mol. The molecule has 3 aromatic carbocycles. The molecule has 4 heteroatoms. The number of halogens is 1. The summed E-state index contributed by atoms with van der Waals surface area (Å²) >= 11 is 6.07. The first kappa shape index (κ1) is 20.6. The van der Waals surface area contributed by atoms with Gasteiger partial charge in [0, 0.05) is 35.8 Å². The highest BCUT2D eigenvalue weighted by Gasteiger charge is 2.15. The van der Waals surface area contributed by atoms with Gasteiger partial charge < -0.3 is 10.2 Å². The first-order valence-electron chi connectivity index (χ1n) is 10.7. The Morgan fingerprint density at radius 2 is 1.60 bits per heavy atom. The Morgan fingerprint density at radius 3 is 2.30 bits per heavy atom. The molecule has 0 aliphatic heterocycles. The molecule has 0 amide bonds. The summed E-state index contributed by atoms with van der Waals surface area (Å²) in [6.45, 7) is 9.39. The fraction of sp³-hybridized carbons (Fsp3) is 0.269. The number of likely N-dealkylation sites (N-methyl/N-ethyl adjacent to an activating group) is 1. The van der Waals surface area contributed by atoms with E-state index in [2.05, 4.69) is 89.4 Å². The molecule has 4 aromatic rings. The van der Waals surface area contributed by atoms with Crippen molar-refractivity contribution in [2.45, 2.75) is 20.4 Å². The Balaban J connectivity index is 1.72. The summed E-state index contributed by atoms with van der Waals surface area (Å²) in [7, 11) is 0. The van der Waals surface area contributed by atoms with Gasteiger partial charge in [0.05, 0.1) is 11.1 Å². The molecule has 0 saturated heterocycles. The Labute approximate surface area is 183 Å². The number of fused-ring (bicyclic) bond motifs is 2. The quantitative estimate of drug-likeness (QED) is 0.291. The smallest absolute Gasteiger partial charge is 0.215 e. The Bertz CT molecular complexity index is 1130. The van der Waals surface area contributed by atoms with E-state index >= 15 is 0 Å². The predicted molar refractivity (Wildman–Crippen MR) is 128 cm³/mol. The van der Waals surface area contributed by atoms with Gasteiger partial charge in [0.2, 0.25) is 5.52 Å². The molecule has 30 heavy (non-hydrogen) atoms. The van der Waals surface area contributed by atoms with Crippen LogP contribution in [0.2, 0.25) is 5.02 Å². The fourth-order valence-electron chi connectivity index (χ4n) is 3.98. The van der Waals surface area contributed by atoms with Crippen LogP contribution in [0.1, 0.15) is 19.4 Å². The molecule has 4 rings (SSSR count). The number of rotatable bonds is 8. The molecule has 154 valence electrons. The van der Waals surface area contributed by atoms with Crippen LogP contribution in [0.15, 0.2) is 72.9 Å². The minimum absolute atomic E-state index is 0.771. The molecule has 0 atom stereocenters. The zero-order valence-corrected chi connectivity index (χ0v) is 18.5. The van der Waals surface area contributed by atoms with E-state index in [1.807, 2.05) is 12.1 Å². The molecule has 0 saturated carbocycles. The van der Waals surface area contributed by atoms with E-state index in [4.69, 9.17) is 11.6 Å². The molecule has 0 spiro atoms. The van der Waals surface area contributed by atoms with E-state index in [0.29, 0.717) is 0 Å². The number of hydrogen-bond acceptors (Lipinski definition) is 2. The van der Waals surface area contributed by atoms with Crippen molar-refractivity contribution in [2.75, 3.05) is 31.5 Å². The second-order valence-electron chi connectivity index (χ2n) is 7.65. The maximum absolute atomic E-state index is 6.07. The number of pyridine rings is 1. The lowest BCUT2D eigenvalue weighted by Gasteiger charge is -2.19. The maximum atomic E-state index is 6.07. The Hall–Kier alpha value is -2.62. The fourth-order valence-corrected chi connectivity index (χ4v) is 4.11. The first-order valence-corrected chi connectivity index (χ1v) is 11.1. The van der Waals surface area contributed by atoms with Crippen LogP contribution in [-0.4, -0.2) is 31.1 Å². The summed E-state index contributed by atoms with van der Waals surface area (Å²) in [6.07, 6.45) is 2.19. The van der Waals surface area contributed by atoms with E-state index in [-0.39, 0.29) is 0 Å². The first-order chi connectivity index (χ1) is 14.7. The van der Waals surface area contributed by atoms with Crippen molar-refractivity contribution in [1.82, 2.24) is 4.90 Å². The van der Waals surface area contributed by atoms with Crippen LogP contribution in [-0.2, 0) is 6.54 Å². The topological polar surface area (TPSA) is 19.1 Å². The van der Waals surface area contributed by atoms with E-state index in [0.717, 1.165) is 37.7 Å². The molecule has 0 fully saturated rings. The van der Waals surface area contributed by atoms with Crippen LogP contribution in [0, 0.1) is 0 Å². The number of nitrogens with zero attached hydrogens (tertiary/aromatic N) is 2. The maximum Gasteiger partial charge on any atom is 0.215 e. The van der Waals surface area contributed by atoms with Crippen molar-refractivity contribution in [1.29, 1.82) is 0 Å². The van der Waals surface area contributed by atoms with Gasteiger partial charge in [0.1, 0.15) is 0 Å². The molecular weight excluding hydrogens is 390 g/mol. The number of anilines is 1. The van der Waals surface area contributed by atoms with Crippen LogP contribution >= 0.6 is 11.6 Å². The van der Waals surface area contributed by atoms with Crippen molar-refractivity contribution in [3.63, 3.8) is 0 Å². The van der Waals surface area contributed by atoms with Crippen LogP contribution in [0.25, 0.3) is 21.7 Å². The largest absolute Gasteiger partial charge is 0.383 e. The van der Waals surface area contributed by atoms with Gasteiger partial charge in [0.25, 0.3) is 0 Å². The highest BCUT2D eigenvalue weighted by Crippen LogP contribution is 2.26. The lowest BCUT2D eigenvalue weighted by atomic mass is 10.0. The molecule has 0 aliphatic rings. The second kappa shape index (κ2) is 9.46. The van der Waals surface area contributed by atoms with Gasteiger partial charge in [-0.2, -0.15) is 4.57 Å². The molecule has 1 heterocycles. The van der Waals surface area contributed by atoms with Crippen LogP contribution in [0.5, 0.6) is 0 Å². The van der Waals surface area contributed by atoms with Gasteiger partial charge in [-0.1, -0.05) is 61.8 Å². The van der Waals surface area contributed by atoms with Crippen molar-refractivity contribution in [3.05, 3.63) is 83.5 Å². The predicted octanol–water partition coefficient (Wildman–Crippen LogP) is 5.74. The van der Waals surface area contributed by atoms with Crippen LogP contribution in [0.3, 0.4) is 0 Å². The average molecular weight is 419 g/mol. The van der Waals surface area contributed by atoms with Gasteiger partial charge in [-0.15, -0.1) is 0 Å². The second-order valence-corrected chi connectivity index (χ2v) is 8.09. The summed E-state index contributed by atoms with van der Waals surface area (Å²) in [5.41, 5.74) is 3.66. The molecule has 1 aromatic heterocycles. The molecular formula is C26H29ClN3+. The zero-order chi connectivity index (χ0) is 20.9. The SMILES string of the molecule is CCN(CC)CCNc1cc[n+](Cc2ccc(Cl)cc2)c2cc3ccccc3cc12. The standard InChI is InChI=1S/C26H28ClN3/c1-3-29(4-2)16-14-28-25-13-15-30(19-20-9-11-23(27)12-10-20)26-18-22-8-6-5-7-21(22)17-24(25)26/h5-13,15,17-18H,3-4,14,16,19H2,1-2H3/p+1. The summed E-state index contributed by atoms with van der Waals surface area (Å²) in [5.74, 6) is 0. The number of benzene rings is 3. The number of hydrogen-bond donors (Lipinski definition) is 1. The highest BCUT2D eigenvalue weighted by molar-refractivity contribution is 6.30. The van der Waals surface area contributed by atoms with Gasteiger partial charge in [-0.25, -0.2) is 0 Å². The number of aromatic nitrogens is 1. The van der Waals surface area contributed by atoms with E-state index < -0.39 is 0 Å². The molecule has 0 unspecified atom stereocenters. The summed E-state index contributed by atoms with van der Waals surface area (Å²) in [6, 6.07) is 23.5. The van der Waals surface area contributed by atoms with Gasteiger partial charge in [-0.3, -0.25) is 0 Å². The number of nitrogens with one attached hydrogen (secondary N) is 1. The van der Waals surface area contributed by atoms with Gasteiger partial charge >= 0.3 is 0 Å². The normalized spacial score (nSPS) is 11.5. The van der Waals surface area contributed by atoms with Crippen LogP contribution in [0.4, 0.5) is 5.69 Å². The molecule has 3 nitrogen and oxygen atoms in total. The average Bonchev–Trinajstić information content (AvgIpc) is 2.78. The van der Waals surface area contributed by atoms with E-state index in [1.54, 1.807) is 0 Å². The minimum atomic E-state index is 0.771. The van der Waals surface area contributed by atoms with Crippen molar-refractivity contribution in [3.8, 4) is 0 Å². The zero-order valence-electron chi connectivity index (χ0n) is 17.7.